The quantitative estimate of drug-likeness (QED) is 0.616. The minimum Gasteiger partial charge on any atom is -0.481 e. The van der Waals surface area contributed by atoms with Crippen LogP contribution in [0.1, 0.15) is 39.0 Å². The Balaban J connectivity index is 1.63. The monoisotopic (exact) mass is 311 g/mol. The van der Waals surface area contributed by atoms with E-state index in [1.807, 2.05) is 0 Å². The van der Waals surface area contributed by atoms with Gasteiger partial charge in [0.1, 0.15) is 5.75 Å². The van der Waals surface area contributed by atoms with E-state index in [1.54, 1.807) is 31.2 Å². The van der Waals surface area contributed by atoms with Crippen LogP contribution < -0.4 is 10.2 Å². The second kappa shape index (κ2) is 8.25. The Hall–Kier alpha value is -1.26. The summed E-state index contributed by atoms with van der Waals surface area (Å²) < 4.78 is 5.51. The Morgan fingerprint density at radius 3 is 2.67 bits per heavy atom. The van der Waals surface area contributed by atoms with Gasteiger partial charge in [0.2, 0.25) is 0 Å². The van der Waals surface area contributed by atoms with Gasteiger partial charge in [-0.25, -0.2) is 5.48 Å². The van der Waals surface area contributed by atoms with Crippen LogP contribution in [-0.2, 0) is 9.63 Å². The smallest absolute Gasteiger partial charge is 0.284 e. The molecule has 0 bridgehead atoms. The molecule has 1 unspecified atom stereocenters. The summed E-state index contributed by atoms with van der Waals surface area (Å²) in [4.78, 5) is 17.1. The van der Waals surface area contributed by atoms with Crippen LogP contribution in [0, 0.1) is 5.92 Å². The molecule has 0 radical (unpaired) electrons. The van der Waals surface area contributed by atoms with Crippen LogP contribution in [0.5, 0.6) is 5.75 Å². The minimum absolute atomic E-state index is 0.281. The van der Waals surface area contributed by atoms with E-state index < -0.39 is 6.10 Å². The Morgan fingerprint density at radius 1 is 1.33 bits per heavy atom. The molecule has 0 saturated heterocycles. The molecule has 0 aromatic heterocycles. The molecular weight excluding hydrogens is 290 g/mol. The van der Waals surface area contributed by atoms with Crippen molar-refractivity contribution in [3.05, 3.63) is 29.3 Å². The number of rotatable bonds is 7. The largest absolute Gasteiger partial charge is 0.481 e. The zero-order chi connectivity index (χ0) is 15.1. The highest BCUT2D eigenvalue weighted by molar-refractivity contribution is 6.30. The van der Waals surface area contributed by atoms with Crippen LogP contribution >= 0.6 is 11.6 Å². The highest BCUT2D eigenvalue weighted by atomic mass is 35.5. The molecule has 0 aliphatic heterocycles. The van der Waals surface area contributed by atoms with Crippen LogP contribution in [0.2, 0.25) is 5.02 Å². The van der Waals surface area contributed by atoms with E-state index in [4.69, 9.17) is 21.2 Å². The Kier molecular flexibility index (Phi) is 6.33. The van der Waals surface area contributed by atoms with E-state index in [1.165, 1.54) is 25.7 Å². The number of halogens is 1. The Bertz CT molecular complexity index is 443. The van der Waals surface area contributed by atoms with Crippen LogP contribution in [0.3, 0.4) is 0 Å². The highest BCUT2D eigenvalue weighted by Crippen LogP contribution is 2.27. The lowest BCUT2D eigenvalue weighted by Gasteiger charge is -2.15. The summed E-state index contributed by atoms with van der Waals surface area (Å²) >= 11 is 5.79. The first-order valence-electron chi connectivity index (χ1n) is 7.49. The topological polar surface area (TPSA) is 47.6 Å². The molecule has 0 spiro atoms. The third-order valence-corrected chi connectivity index (χ3v) is 4.02. The molecule has 116 valence electrons. The number of amides is 1. The fourth-order valence-electron chi connectivity index (χ4n) is 2.50. The highest BCUT2D eigenvalue weighted by Gasteiger charge is 2.17. The molecule has 1 aromatic rings. The SMILES string of the molecule is CC(Oc1ccc(Cl)cc1)C(=O)NOCCC1CCCC1. The summed E-state index contributed by atoms with van der Waals surface area (Å²) in [6.07, 6.45) is 5.61. The predicted molar refractivity (Wildman–Crippen MR) is 82.2 cm³/mol. The van der Waals surface area contributed by atoms with Crippen molar-refractivity contribution in [3.63, 3.8) is 0 Å². The van der Waals surface area contributed by atoms with Gasteiger partial charge in [-0.2, -0.15) is 0 Å². The van der Waals surface area contributed by atoms with Crippen molar-refractivity contribution in [2.75, 3.05) is 6.61 Å². The van der Waals surface area contributed by atoms with Crippen molar-refractivity contribution in [2.45, 2.75) is 45.1 Å². The molecule has 4 nitrogen and oxygen atoms in total. The molecule has 1 amide bonds. The molecule has 1 atom stereocenters. The van der Waals surface area contributed by atoms with Gasteiger partial charge in [-0.05, 0) is 43.5 Å². The number of carbonyl (C=O) groups is 1. The maximum absolute atomic E-state index is 11.8. The van der Waals surface area contributed by atoms with Crippen molar-refractivity contribution >= 4 is 17.5 Å². The number of benzene rings is 1. The zero-order valence-electron chi connectivity index (χ0n) is 12.3. The Morgan fingerprint density at radius 2 is 2.00 bits per heavy atom. The first-order chi connectivity index (χ1) is 10.1. The van der Waals surface area contributed by atoms with Crippen LogP contribution in [0.4, 0.5) is 0 Å². The number of nitrogens with one attached hydrogen (secondary N) is 1. The number of hydrogen-bond acceptors (Lipinski definition) is 3. The standard InChI is InChI=1S/C16H22ClNO3/c1-12(21-15-8-6-14(17)7-9-15)16(19)18-20-11-10-13-4-2-3-5-13/h6-9,12-13H,2-5,10-11H2,1H3,(H,18,19). The predicted octanol–water partition coefficient (Wildman–Crippen LogP) is 3.74. The van der Waals surface area contributed by atoms with Gasteiger partial charge in [0.15, 0.2) is 6.10 Å². The van der Waals surface area contributed by atoms with E-state index in [2.05, 4.69) is 5.48 Å². The van der Waals surface area contributed by atoms with Gasteiger partial charge in [-0.3, -0.25) is 9.63 Å². The maximum atomic E-state index is 11.8. The van der Waals surface area contributed by atoms with Gasteiger partial charge in [-0.1, -0.05) is 37.3 Å². The second-order valence-corrected chi connectivity index (χ2v) is 5.90. The number of hydroxylamine groups is 1. The van der Waals surface area contributed by atoms with E-state index in [-0.39, 0.29) is 5.91 Å². The fourth-order valence-corrected chi connectivity index (χ4v) is 2.63. The second-order valence-electron chi connectivity index (χ2n) is 5.47. The summed E-state index contributed by atoms with van der Waals surface area (Å²) in [6, 6.07) is 6.90. The summed E-state index contributed by atoms with van der Waals surface area (Å²) in [5.74, 6) is 1.08. The van der Waals surface area contributed by atoms with Gasteiger partial charge < -0.3 is 4.74 Å². The third kappa shape index (κ3) is 5.56. The molecule has 1 saturated carbocycles. The number of hydrogen-bond donors (Lipinski definition) is 1. The van der Waals surface area contributed by atoms with Gasteiger partial charge in [0.05, 0.1) is 6.61 Å². The molecular formula is C16H22ClNO3. The summed E-state index contributed by atoms with van der Waals surface area (Å²) in [5, 5.41) is 0.634. The maximum Gasteiger partial charge on any atom is 0.284 e. The van der Waals surface area contributed by atoms with Crippen molar-refractivity contribution in [3.8, 4) is 5.75 Å². The lowest BCUT2D eigenvalue weighted by atomic mass is 10.1. The molecule has 5 heteroatoms. The van der Waals surface area contributed by atoms with Gasteiger partial charge in [0, 0.05) is 5.02 Å². The molecule has 1 aromatic carbocycles. The minimum atomic E-state index is -0.613. The molecule has 1 aliphatic carbocycles. The average molecular weight is 312 g/mol. The van der Waals surface area contributed by atoms with E-state index in [0.29, 0.717) is 17.4 Å². The lowest BCUT2D eigenvalue weighted by molar-refractivity contribution is -0.140. The van der Waals surface area contributed by atoms with Crippen molar-refractivity contribution in [1.82, 2.24) is 5.48 Å². The van der Waals surface area contributed by atoms with Crippen LogP contribution in [0.25, 0.3) is 0 Å². The Labute approximate surface area is 130 Å². The van der Waals surface area contributed by atoms with Crippen molar-refractivity contribution in [1.29, 1.82) is 0 Å². The number of carbonyl (C=O) groups excluding carboxylic acids is 1. The fraction of sp³-hybridized carbons (Fsp3) is 0.562. The molecule has 2 rings (SSSR count). The number of ether oxygens (including phenoxy) is 1. The van der Waals surface area contributed by atoms with Crippen LogP contribution in [0.15, 0.2) is 24.3 Å². The molecule has 0 heterocycles. The van der Waals surface area contributed by atoms with Gasteiger partial charge >= 0.3 is 0 Å². The molecule has 1 aliphatic rings. The first kappa shape index (κ1) is 16.1. The van der Waals surface area contributed by atoms with Crippen molar-refractivity contribution in [2.24, 2.45) is 5.92 Å². The summed E-state index contributed by atoms with van der Waals surface area (Å²) in [5.41, 5.74) is 2.45. The average Bonchev–Trinajstić information content (AvgIpc) is 2.99. The van der Waals surface area contributed by atoms with Crippen LogP contribution in [-0.4, -0.2) is 18.6 Å². The third-order valence-electron chi connectivity index (χ3n) is 3.77. The van der Waals surface area contributed by atoms with E-state index in [0.717, 1.165) is 12.3 Å². The molecule has 1 fully saturated rings. The first-order valence-corrected chi connectivity index (χ1v) is 7.87. The lowest BCUT2D eigenvalue weighted by Crippen LogP contribution is -2.36. The van der Waals surface area contributed by atoms with E-state index in [9.17, 15) is 4.79 Å². The normalized spacial score (nSPS) is 16.7. The molecule has 21 heavy (non-hydrogen) atoms. The summed E-state index contributed by atoms with van der Waals surface area (Å²) in [6.45, 7) is 2.24. The van der Waals surface area contributed by atoms with Gasteiger partial charge in [-0.15, -0.1) is 0 Å². The zero-order valence-corrected chi connectivity index (χ0v) is 13.1. The van der Waals surface area contributed by atoms with Gasteiger partial charge in [0.25, 0.3) is 5.91 Å². The molecule has 1 N–H and O–H groups in total. The summed E-state index contributed by atoms with van der Waals surface area (Å²) in [7, 11) is 0. The van der Waals surface area contributed by atoms with Crippen molar-refractivity contribution < 1.29 is 14.4 Å². The van der Waals surface area contributed by atoms with E-state index >= 15 is 0 Å².